The van der Waals surface area contributed by atoms with Gasteiger partial charge in [0, 0.05) is 18.2 Å². The summed E-state index contributed by atoms with van der Waals surface area (Å²) in [5.41, 5.74) is 6.56. The van der Waals surface area contributed by atoms with Crippen molar-refractivity contribution in [2.75, 3.05) is 5.73 Å². The Balaban J connectivity index is 2.08. The van der Waals surface area contributed by atoms with Crippen molar-refractivity contribution in [2.45, 2.75) is 45.1 Å². The third-order valence-corrected chi connectivity index (χ3v) is 4.48. The molecule has 1 aromatic heterocycles. The van der Waals surface area contributed by atoms with Crippen LogP contribution in [-0.2, 0) is 0 Å². The van der Waals surface area contributed by atoms with Gasteiger partial charge in [-0.3, -0.25) is 0 Å². The Morgan fingerprint density at radius 1 is 1.25 bits per heavy atom. The van der Waals surface area contributed by atoms with Gasteiger partial charge in [-0.25, -0.2) is 13.8 Å². The minimum Gasteiger partial charge on any atom is -0.369 e. The molecule has 0 bridgehead atoms. The van der Waals surface area contributed by atoms with Crippen LogP contribution >= 0.6 is 0 Å². The van der Waals surface area contributed by atoms with Crippen LogP contribution in [0.15, 0.2) is 12.1 Å². The number of halogens is 2. The molecule has 1 aliphatic carbocycles. The molecular formula is C15H19F2N3. The number of benzene rings is 1. The molecule has 5 heteroatoms. The molecule has 2 aromatic rings. The van der Waals surface area contributed by atoms with Crippen LogP contribution in [0.4, 0.5) is 14.7 Å². The summed E-state index contributed by atoms with van der Waals surface area (Å²) in [5.74, 6) is -0.481. The Bertz CT molecular complexity index is 630. The third kappa shape index (κ3) is 2.15. The van der Waals surface area contributed by atoms with Gasteiger partial charge in [0.25, 0.3) is 0 Å². The van der Waals surface area contributed by atoms with Gasteiger partial charge in [-0.05, 0) is 25.7 Å². The lowest BCUT2D eigenvalue weighted by Crippen LogP contribution is -2.20. The Morgan fingerprint density at radius 2 is 1.95 bits per heavy atom. The highest BCUT2D eigenvalue weighted by Crippen LogP contribution is 2.36. The molecule has 0 aliphatic heterocycles. The molecular weight excluding hydrogens is 260 g/mol. The molecule has 108 valence electrons. The Morgan fingerprint density at radius 3 is 2.65 bits per heavy atom. The van der Waals surface area contributed by atoms with Gasteiger partial charge in [0.2, 0.25) is 5.95 Å². The molecule has 1 heterocycles. The van der Waals surface area contributed by atoms with E-state index in [0.29, 0.717) is 11.4 Å². The van der Waals surface area contributed by atoms with Gasteiger partial charge >= 0.3 is 0 Å². The number of fused-ring (bicyclic) bond motifs is 1. The molecule has 3 rings (SSSR count). The van der Waals surface area contributed by atoms with Crippen molar-refractivity contribution in [3.05, 3.63) is 23.8 Å². The zero-order valence-electron chi connectivity index (χ0n) is 11.6. The van der Waals surface area contributed by atoms with Crippen molar-refractivity contribution >= 4 is 17.0 Å². The Hall–Kier alpha value is -1.65. The molecule has 1 saturated carbocycles. The topological polar surface area (TPSA) is 43.8 Å². The Kier molecular flexibility index (Phi) is 3.36. The van der Waals surface area contributed by atoms with E-state index < -0.39 is 11.6 Å². The molecule has 2 N–H and O–H groups in total. The van der Waals surface area contributed by atoms with Crippen LogP contribution in [0.1, 0.15) is 45.1 Å². The molecule has 1 fully saturated rings. The largest absolute Gasteiger partial charge is 0.369 e. The number of hydrogen-bond acceptors (Lipinski definition) is 2. The number of nitrogens with two attached hydrogens (primary N) is 1. The van der Waals surface area contributed by atoms with Crippen LogP contribution in [0.25, 0.3) is 11.0 Å². The summed E-state index contributed by atoms with van der Waals surface area (Å²) in [5, 5.41) is 0. The minimum absolute atomic E-state index is 0.112. The van der Waals surface area contributed by atoms with Crippen molar-refractivity contribution in [1.29, 1.82) is 0 Å². The number of hydrogen-bond donors (Lipinski definition) is 1. The first kappa shape index (κ1) is 13.3. The van der Waals surface area contributed by atoms with Gasteiger partial charge in [-0.2, -0.15) is 0 Å². The van der Waals surface area contributed by atoms with Gasteiger partial charge in [-0.1, -0.05) is 19.3 Å². The van der Waals surface area contributed by atoms with Crippen LogP contribution in [0.3, 0.4) is 0 Å². The van der Waals surface area contributed by atoms with E-state index >= 15 is 0 Å². The summed E-state index contributed by atoms with van der Waals surface area (Å²) in [6.45, 7) is 2.07. The second-order valence-corrected chi connectivity index (χ2v) is 5.73. The summed E-state index contributed by atoms with van der Waals surface area (Å²) >= 11 is 0. The average molecular weight is 279 g/mol. The average Bonchev–Trinajstić information content (AvgIpc) is 2.76. The molecule has 20 heavy (non-hydrogen) atoms. The van der Waals surface area contributed by atoms with Crippen molar-refractivity contribution in [3.63, 3.8) is 0 Å². The van der Waals surface area contributed by atoms with E-state index in [-0.39, 0.29) is 17.5 Å². The highest BCUT2D eigenvalue weighted by Gasteiger charge is 2.25. The number of rotatable bonds is 2. The maximum atomic E-state index is 13.8. The molecule has 0 amide bonds. The first-order chi connectivity index (χ1) is 9.58. The van der Waals surface area contributed by atoms with Gasteiger partial charge in [0.15, 0.2) is 5.82 Å². The van der Waals surface area contributed by atoms with E-state index in [9.17, 15) is 8.78 Å². The van der Waals surface area contributed by atoms with Gasteiger partial charge in [-0.15, -0.1) is 0 Å². The highest BCUT2D eigenvalue weighted by atomic mass is 19.1. The predicted octanol–water partition coefficient (Wildman–Crippen LogP) is 4.04. The standard InChI is InChI=1S/C15H19F2N3/c1-9(10-5-3-2-4-6-10)20-13-8-11(16)7-12(17)14(13)19-15(20)18/h7-10H,2-6H2,1H3,(H2,18,19). The third-order valence-electron chi connectivity index (χ3n) is 4.48. The minimum atomic E-state index is -0.652. The maximum absolute atomic E-state index is 13.8. The second-order valence-electron chi connectivity index (χ2n) is 5.73. The smallest absolute Gasteiger partial charge is 0.201 e. The van der Waals surface area contributed by atoms with Gasteiger partial charge in [0.05, 0.1) is 5.52 Å². The highest BCUT2D eigenvalue weighted by molar-refractivity contribution is 5.79. The lowest BCUT2D eigenvalue weighted by Gasteiger charge is -2.29. The fraction of sp³-hybridized carbons (Fsp3) is 0.533. The summed E-state index contributed by atoms with van der Waals surface area (Å²) in [7, 11) is 0. The van der Waals surface area contributed by atoms with E-state index in [1.807, 2.05) is 0 Å². The number of aromatic nitrogens is 2. The number of imidazole rings is 1. The monoisotopic (exact) mass is 279 g/mol. The summed E-state index contributed by atoms with van der Waals surface area (Å²) in [4.78, 5) is 4.07. The van der Waals surface area contributed by atoms with Crippen molar-refractivity contribution < 1.29 is 8.78 Å². The first-order valence-corrected chi connectivity index (χ1v) is 7.20. The van der Waals surface area contributed by atoms with Crippen LogP contribution in [0, 0.1) is 17.6 Å². The zero-order valence-corrected chi connectivity index (χ0v) is 11.6. The van der Waals surface area contributed by atoms with E-state index in [1.165, 1.54) is 25.3 Å². The van der Waals surface area contributed by atoms with Crippen LogP contribution in [0.2, 0.25) is 0 Å². The summed E-state index contributed by atoms with van der Waals surface area (Å²) in [6, 6.07) is 2.28. The van der Waals surface area contributed by atoms with Crippen molar-refractivity contribution in [3.8, 4) is 0 Å². The van der Waals surface area contributed by atoms with Crippen LogP contribution < -0.4 is 5.73 Å². The number of anilines is 1. The quantitative estimate of drug-likeness (QED) is 0.901. The predicted molar refractivity (Wildman–Crippen MR) is 75.3 cm³/mol. The number of nitrogens with zero attached hydrogens (tertiary/aromatic N) is 2. The molecule has 1 aromatic carbocycles. The fourth-order valence-corrected chi connectivity index (χ4v) is 3.39. The lowest BCUT2D eigenvalue weighted by molar-refractivity contribution is 0.269. The van der Waals surface area contributed by atoms with Crippen molar-refractivity contribution in [1.82, 2.24) is 9.55 Å². The number of nitrogen functional groups attached to an aromatic ring is 1. The fourth-order valence-electron chi connectivity index (χ4n) is 3.39. The molecule has 1 aliphatic rings. The molecule has 0 saturated heterocycles. The molecule has 1 unspecified atom stereocenters. The molecule has 0 radical (unpaired) electrons. The van der Waals surface area contributed by atoms with E-state index in [1.54, 1.807) is 4.57 Å². The summed E-state index contributed by atoms with van der Waals surface area (Å²) < 4.78 is 29.0. The van der Waals surface area contributed by atoms with Crippen molar-refractivity contribution in [2.24, 2.45) is 5.92 Å². The second kappa shape index (κ2) is 5.04. The van der Waals surface area contributed by atoms with E-state index in [0.717, 1.165) is 18.9 Å². The van der Waals surface area contributed by atoms with Crippen LogP contribution in [0.5, 0.6) is 0 Å². The molecule has 0 spiro atoms. The maximum Gasteiger partial charge on any atom is 0.201 e. The SMILES string of the molecule is CC(C1CCCCC1)n1c(N)nc2c(F)cc(F)cc21. The summed E-state index contributed by atoms with van der Waals surface area (Å²) in [6.07, 6.45) is 5.97. The van der Waals surface area contributed by atoms with Gasteiger partial charge < -0.3 is 10.3 Å². The molecule has 3 nitrogen and oxygen atoms in total. The normalized spacial score (nSPS) is 18.6. The first-order valence-electron chi connectivity index (χ1n) is 7.20. The van der Waals surface area contributed by atoms with E-state index in [4.69, 9.17) is 5.73 Å². The van der Waals surface area contributed by atoms with Crippen LogP contribution in [-0.4, -0.2) is 9.55 Å². The molecule has 1 atom stereocenters. The lowest BCUT2D eigenvalue weighted by atomic mass is 9.84. The zero-order chi connectivity index (χ0) is 14.3. The van der Waals surface area contributed by atoms with E-state index in [2.05, 4.69) is 11.9 Å². The Labute approximate surface area is 116 Å². The van der Waals surface area contributed by atoms with Gasteiger partial charge in [0.1, 0.15) is 11.3 Å².